The van der Waals surface area contributed by atoms with E-state index in [4.69, 9.17) is 18.9 Å². The zero-order valence-corrected chi connectivity index (χ0v) is 15.5. The largest absolute Gasteiger partial charge is 0.388 e. The summed E-state index contributed by atoms with van der Waals surface area (Å²) in [6.07, 6.45) is -3.38. The highest BCUT2D eigenvalue weighted by Crippen LogP contribution is 2.35. The molecule has 0 radical (unpaired) electrons. The summed E-state index contributed by atoms with van der Waals surface area (Å²) in [5.74, 6) is 0. The van der Waals surface area contributed by atoms with Crippen molar-refractivity contribution >= 4 is 7.52 Å². The van der Waals surface area contributed by atoms with Crippen LogP contribution in [0.2, 0.25) is 0 Å². The molecule has 0 bridgehead atoms. The van der Waals surface area contributed by atoms with E-state index in [2.05, 4.69) is 5.09 Å². The van der Waals surface area contributed by atoms with Gasteiger partial charge in [-0.25, -0.2) is 5.09 Å². The predicted octanol–water partition coefficient (Wildman–Crippen LogP) is 0.724. The van der Waals surface area contributed by atoms with Crippen molar-refractivity contribution in [2.45, 2.75) is 37.3 Å². The summed E-state index contributed by atoms with van der Waals surface area (Å²) in [5, 5.41) is 13.0. The van der Waals surface area contributed by atoms with Crippen LogP contribution in [0.3, 0.4) is 0 Å². The number of hydrogen-bond acceptors (Lipinski definition) is 6. The molecule has 142 valence electrons. The van der Waals surface area contributed by atoms with Crippen LogP contribution in [0.5, 0.6) is 0 Å². The number of rotatable bonds is 8. The topological polar surface area (TPSA) is 106 Å². The average Bonchev–Trinajstić information content (AvgIpc) is 2.57. The van der Waals surface area contributed by atoms with Gasteiger partial charge in [0.25, 0.3) is 7.52 Å². The average molecular weight is 375 g/mol. The van der Waals surface area contributed by atoms with Gasteiger partial charge in [-0.05, 0) is 5.56 Å². The fourth-order valence-corrected chi connectivity index (χ4v) is 3.64. The van der Waals surface area contributed by atoms with Crippen molar-refractivity contribution in [2.75, 3.05) is 27.5 Å². The number of methoxy groups -OCH3 is 2. The van der Waals surface area contributed by atoms with E-state index in [1.807, 2.05) is 30.3 Å². The number of aliphatic hydroxyl groups is 1. The summed E-state index contributed by atoms with van der Waals surface area (Å²) >= 11 is 0. The zero-order valence-electron chi connectivity index (χ0n) is 14.6. The Morgan fingerprint density at radius 3 is 2.48 bits per heavy atom. The highest BCUT2D eigenvalue weighted by Gasteiger charge is 2.47. The van der Waals surface area contributed by atoms with E-state index in [0.717, 1.165) is 12.2 Å². The lowest BCUT2D eigenvalue weighted by Gasteiger charge is -2.44. The molecule has 25 heavy (non-hydrogen) atoms. The molecule has 1 aromatic rings. The molecule has 1 aromatic carbocycles. The Balaban J connectivity index is 2.00. The summed E-state index contributed by atoms with van der Waals surface area (Å²) in [6.45, 7) is 1.67. The predicted molar refractivity (Wildman–Crippen MR) is 91.2 cm³/mol. The van der Waals surface area contributed by atoms with Gasteiger partial charge >= 0.3 is 0 Å². The second-order valence-electron chi connectivity index (χ2n) is 6.00. The van der Waals surface area contributed by atoms with Crippen molar-refractivity contribution in [1.29, 1.82) is 0 Å². The number of nitrogens with one attached hydrogen (secondary N) is 1. The Morgan fingerprint density at radius 1 is 1.24 bits per heavy atom. The van der Waals surface area contributed by atoms with E-state index < -0.39 is 38.2 Å². The summed E-state index contributed by atoms with van der Waals surface area (Å²) < 4.78 is 33.6. The van der Waals surface area contributed by atoms with E-state index in [-0.39, 0.29) is 6.61 Å². The Morgan fingerprint density at radius 2 is 1.92 bits per heavy atom. The van der Waals surface area contributed by atoms with Gasteiger partial charge < -0.3 is 28.9 Å². The third-order valence-electron chi connectivity index (χ3n) is 3.96. The van der Waals surface area contributed by atoms with Crippen LogP contribution in [0.4, 0.5) is 0 Å². The van der Waals surface area contributed by atoms with Crippen molar-refractivity contribution in [3.63, 3.8) is 0 Å². The van der Waals surface area contributed by atoms with E-state index in [1.54, 1.807) is 0 Å². The van der Waals surface area contributed by atoms with Crippen molar-refractivity contribution in [1.82, 2.24) is 5.09 Å². The van der Waals surface area contributed by atoms with Gasteiger partial charge in [-0.1, -0.05) is 30.3 Å². The molecule has 1 saturated heterocycles. The maximum absolute atomic E-state index is 11.7. The second kappa shape index (κ2) is 9.21. The maximum atomic E-state index is 11.7. The fraction of sp³-hybridized carbons (Fsp3) is 0.625. The van der Waals surface area contributed by atoms with E-state index >= 15 is 0 Å². The minimum absolute atomic E-state index is 0.130. The minimum atomic E-state index is -3.58. The molecular weight excluding hydrogens is 349 g/mol. The van der Waals surface area contributed by atoms with E-state index in [0.29, 0.717) is 6.61 Å². The molecule has 0 aliphatic carbocycles. The monoisotopic (exact) mass is 375 g/mol. The number of hydrogen-bond donors (Lipinski definition) is 3. The first kappa shape index (κ1) is 20.5. The van der Waals surface area contributed by atoms with Crippen molar-refractivity contribution in [3.05, 3.63) is 35.9 Å². The van der Waals surface area contributed by atoms with Gasteiger partial charge in [0.1, 0.15) is 18.3 Å². The maximum Gasteiger partial charge on any atom is 0.264 e. The molecule has 0 spiro atoms. The second-order valence-corrected chi connectivity index (χ2v) is 8.02. The van der Waals surface area contributed by atoms with Gasteiger partial charge in [0.15, 0.2) is 6.29 Å². The molecule has 0 saturated carbocycles. The highest BCUT2D eigenvalue weighted by molar-refractivity contribution is 7.55. The van der Waals surface area contributed by atoms with Crippen LogP contribution >= 0.6 is 7.52 Å². The van der Waals surface area contributed by atoms with Crippen LogP contribution in [0.25, 0.3) is 0 Å². The SMILES string of the molecule is COC1[C@H](O)C(COCc2ccccc2)O[C@@H](OC)[C@H]1NP(C)(=O)O. The molecule has 1 aliphatic heterocycles. The van der Waals surface area contributed by atoms with Gasteiger partial charge in [-0.3, -0.25) is 4.57 Å². The highest BCUT2D eigenvalue weighted by atomic mass is 31.2. The smallest absolute Gasteiger partial charge is 0.264 e. The number of benzene rings is 1. The van der Waals surface area contributed by atoms with Crippen LogP contribution < -0.4 is 5.09 Å². The van der Waals surface area contributed by atoms with Gasteiger partial charge in [-0.15, -0.1) is 0 Å². The lowest BCUT2D eigenvalue weighted by molar-refractivity contribution is -0.267. The van der Waals surface area contributed by atoms with Gasteiger partial charge in [0, 0.05) is 20.9 Å². The fourth-order valence-electron chi connectivity index (χ4n) is 2.82. The first-order valence-corrected chi connectivity index (χ1v) is 10.0. The third kappa shape index (κ3) is 5.84. The number of aliphatic hydroxyl groups excluding tert-OH is 1. The molecule has 0 amide bonds. The van der Waals surface area contributed by atoms with Crippen LogP contribution in [0.15, 0.2) is 30.3 Å². The van der Waals surface area contributed by atoms with Crippen LogP contribution in [0.1, 0.15) is 5.56 Å². The number of ether oxygens (including phenoxy) is 4. The Labute approximate surface area is 147 Å². The Kier molecular flexibility index (Phi) is 7.54. The lowest BCUT2D eigenvalue weighted by atomic mass is 9.97. The normalized spacial score (nSPS) is 32.3. The molecule has 3 unspecified atom stereocenters. The third-order valence-corrected chi connectivity index (χ3v) is 4.74. The van der Waals surface area contributed by atoms with Gasteiger partial charge in [0.05, 0.1) is 19.3 Å². The molecule has 0 aromatic heterocycles. The van der Waals surface area contributed by atoms with Gasteiger partial charge in [-0.2, -0.15) is 0 Å². The Hall–Kier alpha value is -0.830. The van der Waals surface area contributed by atoms with Crippen molar-refractivity contribution < 1.29 is 33.5 Å². The van der Waals surface area contributed by atoms with E-state index in [1.165, 1.54) is 14.2 Å². The molecule has 8 nitrogen and oxygen atoms in total. The standard InChI is InChI=1S/C16H26NO7P/c1-21-15-13(17-25(3,19)20)16(22-2)24-12(14(15)18)10-23-9-11-7-5-4-6-8-11/h4-8,12-16,18H,9-10H2,1-3H3,(H2,17,19,20)/t12?,13-,14+,15?,16+/m0/s1. The first-order valence-electron chi connectivity index (χ1n) is 7.94. The first-order chi connectivity index (χ1) is 11.9. The van der Waals surface area contributed by atoms with Crippen LogP contribution in [-0.2, 0) is 30.1 Å². The summed E-state index contributed by atoms with van der Waals surface area (Å²) in [7, 11) is -0.738. The van der Waals surface area contributed by atoms with Crippen LogP contribution in [-0.4, -0.2) is 68.1 Å². The summed E-state index contributed by atoms with van der Waals surface area (Å²) in [4.78, 5) is 9.59. The molecule has 2 rings (SSSR count). The van der Waals surface area contributed by atoms with E-state index in [9.17, 15) is 14.6 Å². The summed E-state index contributed by atoms with van der Waals surface area (Å²) in [5.41, 5.74) is 1.01. The van der Waals surface area contributed by atoms with Crippen molar-refractivity contribution in [2.24, 2.45) is 0 Å². The molecule has 1 aliphatic rings. The molecule has 6 atom stereocenters. The quantitative estimate of drug-likeness (QED) is 0.571. The minimum Gasteiger partial charge on any atom is -0.388 e. The van der Waals surface area contributed by atoms with Crippen LogP contribution in [0, 0.1) is 0 Å². The lowest BCUT2D eigenvalue weighted by Crippen LogP contribution is -2.63. The summed E-state index contributed by atoms with van der Waals surface area (Å²) in [6, 6.07) is 8.84. The zero-order chi connectivity index (χ0) is 18.4. The molecule has 3 N–H and O–H groups in total. The molecule has 1 fully saturated rings. The van der Waals surface area contributed by atoms with Gasteiger partial charge in [0.2, 0.25) is 0 Å². The molecule has 9 heteroatoms. The Bertz CT molecular complexity index is 567. The molecule has 1 heterocycles. The molecular formula is C16H26NO7P. The van der Waals surface area contributed by atoms with Crippen molar-refractivity contribution in [3.8, 4) is 0 Å².